The molecule has 1 saturated heterocycles. The van der Waals surface area contributed by atoms with Crippen LogP contribution in [0.3, 0.4) is 0 Å². The van der Waals surface area contributed by atoms with E-state index in [-0.39, 0.29) is 37.2 Å². The highest BCUT2D eigenvalue weighted by atomic mass is 32.2. The van der Waals surface area contributed by atoms with Crippen molar-refractivity contribution in [1.29, 1.82) is 0 Å². The maximum Gasteiger partial charge on any atom is 0.297 e. The molecule has 4 aliphatic rings. The van der Waals surface area contributed by atoms with Crippen LogP contribution in [0.15, 0.2) is 84.9 Å². The molecule has 306 valence electrons. The lowest BCUT2D eigenvalue weighted by molar-refractivity contribution is -0.140. The Morgan fingerprint density at radius 1 is 1.02 bits per heavy atom. The number of allylic oxidation sites excluding steroid dienone is 1. The number of hydrogen-bond donors (Lipinski definition) is 3. The van der Waals surface area contributed by atoms with Gasteiger partial charge in [0.25, 0.3) is 11.9 Å². The first-order chi connectivity index (χ1) is 27.8. The summed E-state index contributed by atoms with van der Waals surface area (Å²) in [5.74, 6) is -2.37. The number of carbonyl (C=O) groups excluding carboxylic acids is 3. The van der Waals surface area contributed by atoms with Crippen LogP contribution < -0.4 is 20.1 Å². The van der Waals surface area contributed by atoms with E-state index >= 15 is 0 Å². The lowest BCUT2D eigenvalue weighted by Crippen LogP contribution is -2.58. The number of amides is 3. The van der Waals surface area contributed by atoms with Crippen molar-refractivity contribution < 1.29 is 31.9 Å². The highest BCUT2D eigenvalue weighted by Gasteiger charge is 2.63. The predicted molar refractivity (Wildman–Crippen MR) is 220 cm³/mol. The van der Waals surface area contributed by atoms with E-state index in [0.29, 0.717) is 36.4 Å². The molecule has 0 spiro atoms. The van der Waals surface area contributed by atoms with Gasteiger partial charge in [0.1, 0.15) is 35.1 Å². The first kappa shape index (κ1) is 39.6. The van der Waals surface area contributed by atoms with Gasteiger partial charge in [-0.25, -0.2) is 12.8 Å². The van der Waals surface area contributed by atoms with Crippen LogP contribution in [0, 0.1) is 11.7 Å². The topological polar surface area (TPSA) is 152 Å². The second-order valence-electron chi connectivity index (χ2n) is 16.8. The number of hydrogen-bond acceptors (Lipinski definition) is 8. The Bertz CT molecular complexity index is 2360. The first-order valence-corrected chi connectivity index (χ1v) is 21.9. The van der Waals surface area contributed by atoms with Gasteiger partial charge < -0.3 is 20.3 Å². The molecule has 58 heavy (non-hydrogen) atoms. The van der Waals surface area contributed by atoms with Crippen LogP contribution in [0.5, 0.6) is 6.01 Å². The number of fused-ring (bicyclic) bond motifs is 3. The fourth-order valence-corrected chi connectivity index (χ4v) is 9.71. The van der Waals surface area contributed by atoms with Crippen LogP contribution in [0.4, 0.5) is 10.1 Å². The molecule has 2 aliphatic heterocycles. The number of anilines is 1. The number of nitrogens with zero attached hydrogens (tertiary/aromatic N) is 3. The molecule has 3 fully saturated rings. The Labute approximate surface area is 338 Å². The number of ether oxygens (including phenoxy) is 1. The van der Waals surface area contributed by atoms with E-state index in [0.717, 1.165) is 42.5 Å². The molecule has 0 bridgehead atoms. The van der Waals surface area contributed by atoms with Crippen molar-refractivity contribution in [3.05, 3.63) is 90.8 Å². The van der Waals surface area contributed by atoms with Crippen molar-refractivity contribution in [2.75, 3.05) is 11.9 Å². The SMILES string of the molecule is CC(C)n1c(O[C@@H]2C[C@H]3C(=O)N[C@]4(C(=O)NS(=O)(=O)C5(C)CC5)C[C@H]4/C=C\CCCCC[C@H](Nc4ccccc4)C(=O)N3C2)nc2c(-c3cccc(F)c3)cccc21. The number of aromatic nitrogens is 2. The van der Waals surface area contributed by atoms with Gasteiger partial charge >= 0.3 is 0 Å². The van der Waals surface area contributed by atoms with Gasteiger partial charge in [-0.15, -0.1) is 0 Å². The molecule has 14 heteroatoms. The molecular weight excluding hydrogens is 760 g/mol. The van der Waals surface area contributed by atoms with Crippen molar-refractivity contribution in [1.82, 2.24) is 24.5 Å². The van der Waals surface area contributed by atoms with Crippen LogP contribution in [0.25, 0.3) is 22.2 Å². The fraction of sp³-hybridized carbons (Fsp3) is 0.455. The summed E-state index contributed by atoms with van der Waals surface area (Å²) in [5.41, 5.74) is 2.11. The highest BCUT2D eigenvalue weighted by Crippen LogP contribution is 2.47. The van der Waals surface area contributed by atoms with Gasteiger partial charge in [0.05, 0.1) is 16.8 Å². The number of benzene rings is 3. The standard InChI is InChI=1S/C44H51FN6O6S/c1-28(2)51-36-21-13-19-34(29-14-12-16-31(45)24-29)38(36)47-42(51)57-33-25-37-39(52)48-44(41(54)49-58(55,56)43(3)22-23-43)26-30(44)15-8-5-4-6-11-20-35(40(53)50(37)27-33)46-32-17-9-7-10-18-32/h7-10,12-19,21,24,28,30,33,35,37,46H,4-6,11,20,22-23,25-27H2,1-3H3,(H,48,52)(H,49,54)/b15-8-/t30-,33-,35+,37+,44-/m1/s1. The van der Waals surface area contributed by atoms with Gasteiger partial charge in [0.2, 0.25) is 21.8 Å². The molecule has 3 amide bonds. The fourth-order valence-electron chi connectivity index (χ4n) is 8.40. The third-order valence-electron chi connectivity index (χ3n) is 12.2. The van der Waals surface area contributed by atoms with E-state index in [4.69, 9.17) is 9.72 Å². The molecular formula is C44H51FN6O6S. The van der Waals surface area contributed by atoms with E-state index in [1.54, 1.807) is 17.9 Å². The van der Waals surface area contributed by atoms with Crippen molar-refractivity contribution >= 4 is 44.5 Å². The Morgan fingerprint density at radius 2 is 1.79 bits per heavy atom. The molecule has 12 nitrogen and oxygen atoms in total. The van der Waals surface area contributed by atoms with Crippen molar-refractivity contribution in [2.45, 2.75) is 113 Å². The van der Waals surface area contributed by atoms with Crippen molar-refractivity contribution in [3.63, 3.8) is 0 Å². The van der Waals surface area contributed by atoms with E-state index in [1.807, 2.05) is 85.2 Å². The lowest BCUT2D eigenvalue weighted by atomic mass is 10.0. The quantitative estimate of drug-likeness (QED) is 0.159. The molecule has 2 saturated carbocycles. The summed E-state index contributed by atoms with van der Waals surface area (Å²) in [7, 11) is -3.98. The molecule has 1 aromatic heterocycles. The molecule has 4 aromatic rings. The Balaban J connectivity index is 1.13. The maximum absolute atomic E-state index is 14.8. The van der Waals surface area contributed by atoms with Gasteiger partial charge in [0.15, 0.2) is 0 Å². The predicted octanol–water partition coefficient (Wildman–Crippen LogP) is 6.65. The molecule has 3 N–H and O–H groups in total. The zero-order valence-electron chi connectivity index (χ0n) is 33.1. The summed E-state index contributed by atoms with van der Waals surface area (Å²) in [5, 5.41) is 6.38. The van der Waals surface area contributed by atoms with E-state index in [1.165, 1.54) is 12.1 Å². The van der Waals surface area contributed by atoms with Gasteiger partial charge in [-0.05, 0) is 95.2 Å². The monoisotopic (exact) mass is 810 g/mol. The smallest absolute Gasteiger partial charge is 0.297 e. The van der Waals surface area contributed by atoms with Gasteiger partial charge in [0, 0.05) is 29.6 Å². The highest BCUT2D eigenvalue weighted by molar-refractivity contribution is 7.91. The molecule has 0 unspecified atom stereocenters. The molecule has 2 aliphatic carbocycles. The summed E-state index contributed by atoms with van der Waals surface area (Å²) < 4.78 is 50.7. The third kappa shape index (κ3) is 7.70. The average Bonchev–Trinajstić information content (AvgIpc) is 4.01. The molecule has 3 aromatic carbocycles. The maximum atomic E-state index is 14.8. The number of sulfonamides is 1. The summed E-state index contributed by atoms with van der Waals surface area (Å²) in [4.78, 5) is 49.8. The second kappa shape index (κ2) is 15.5. The number of imidazole rings is 1. The number of nitrogens with one attached hydrogen (secondary N) is 3. The number of carbonyl (C=O) groups is 3. The van der Waals surface area contributed by atoms with Gasteiger partial charge in [-0.2, -0.15) is 4.98 Å². The number of halogens is 1. The molecule has 3 heterocycles. The minimum Gasteiger partial charge on any atom is -0.459 e. The zero-order chi connectivity index (χ0) is 40.8. The van der Waals surface area contributed by atoms with E-state index < -0.39 is 56.2 Å². The van der Waals surface area contributed by atoms with Crippen LogP contribution in [0.2, 0.25) is 0 Å². The summed E-state index contributed by atoms with van der Waals surface area (Å²) >= 11 is 0. The van der Waals surface area contributed by atoms with Crippen molar-refractivity contribution in [2.24, 2.45) is 5.92 Å². The van der Waals surface area contributed by atoms with Crippen LogP contribution in [-0.2, 0) is 24.4 Å². The Kier molecular flexibility index (Phi) is 10.6. The minimum absolute atomic E-state index is 0.0667. The second-order valence-corrected chi connectivity index (χ2v) is 19.0. The largest absolute Gasteiger partial charge is 0.459 e. The van der Waals surface area contributed by atoms with Gasteiger partial charge in [-0.3, -0.25) is 23.7 Å². The lowest BCUT2D eigenvalue weighted by Gasteiger charge is -2.30. The summed E-state index contributed by atoms with van der Waals surface area (Å²) in [6, 6.07) is 20.1. The van der Waals surface area contributed by atoms with Crippen LogP contribution >= 0.6 is 0 Å². The molecule has 8 rings (SSSR count). The van der Waals surface area contributed by atoms with E-state index in [2.05, 4.69) is 15.4 Å². The van der Waals surface area contributed by atoms with E-state index in [9.17, 15) is 27.2 Å². The van der Waals surface area contributed by atoms with Crippen molar-refractivity contribution in [3.8, 4) is 17.1 Å². The average molecular weight is 811 g/mol. The molecule has 5 atom stereocenters. The third-order valence-corrected chi connectivity index (χ3v) is 14.4. The van der Waals surface area contributed by atoms with Gasteiger partial charge in [-0.1, -0.05) is 67.5 Å². The Morgan fingerprint density at radius 3 is 2.53 bits per heavy atom. The normalized spacial score (nSPS) is 26.5. The molecule has 0 radical (unpaired) electrons. The summed E-state index contributed by atoms with van der Waals surface area (Å²) in [6.45, 7) is 5.69. The first-order valence-electron chi connectivity index (χ1n) is 20.4. The van der Waals surface area contributed by atoms with Crippen LogP contribution in [-0.4, -0.2) is 75.6 Å². The Hall–Kier alpha value is -5.24. The minimum atomic E-state index is -3.98. The zero-order valence-corrected chi connectivity index (χ0v) is 33.9. The summed E-state index contributed by atoms with van der Waals surface area (Å²) in [6.07, 6.45) is 8.27. The number of rotatable bonds is 9. The number of para-hydroxylation sites is 2. The van der Waals surface area contributed by atoms with Crippen LogP contribution in [0.1, 0.15) is 84.6 Å².